The summed E-state index contributed by atoms with van der Waals surface area (Å²) in [5.74, 6) is 0.413. The van der Waals surface area contributed by atoms with Gasteiger partial charge in [-0.15, -0.1) is 0 Å². The molecular formula is C11H17NOS. The predicted octanol–water partition coefficient (Wildman–Crippen LogP) is 3.15. The number of aryl methyl sites for hydroxylation is 1. The van der Waals surface area contributed by atoms with E-state index < -0.39 is 9.73 Å². The van der Waals surface area contributed by atoms with Crippen molar-refractivity contribution < 1.29 is 4.21 Å². The standard InChI is InChI=1S/C11H17NOS/c1-8(2)10-6-5-9(3)11(7-10)14(4,12)13/h5-8,12H,1-4H3. The highest BCUT2D eigenvalue weighted by Gasteiger charge is 2.09. The molecular weight excluding hydrogens is 194 g/mol. The zero-order chi connectivity index (χ0) is 10.9. The molecule has 0 bridgehead atoms. The Labute approximate surface area is 86.3 Å². The molecule has 3 heteroatoms. The molecule has 1 aromatic rings. The van der Waals surface area contributed by atoms with Crippen LogP contribution in [0.3, 0.4) is 0 Å². The van der Waals surface area contributed by atoms with Gasteiger partial charge in [-0.25, -0.2) is 8.99 Å². The minimum absolute atomic E-state index is 0.413. The van der Waals surface area contributed by atoms with Crippen molar-refractivity contribution in [1.29, 1.82) is 4.78 Å². The van der Waals surface area contributed by atoms with Crippen molar-refractivity contribution in [3.8, 4) is 0 Å². The quantitative estimate of drug-likeness (QED) is 0.802. The Balaban J connectivity index is 3.37. The van der Waals surface area contributed by atoms with E-state index in [4.69, 9.17) is 4.78 Å². The molecule has 0 aliphatic heterocycles. The first-order chi connectivity index (χ1) is 6.32. The van der Waals surface area contributed by atoms with E-state index in [-0.39, 0.29) is 0 Å². The zero-order valence-corrected chi connectivity index (χ0v) is 9.94. The van der Waals surface area contributed by atoms with Gasteiger partial charge in [-0.05, 0) is 30.0 Å². The van der Waals surface area contributed by atoms with Gasteiger partial charge in [0.05, 0.1) is 14.6 Å². The summed E-state index contributed by atoms with van der Waals surface area (Å²) in [5.41, 5.74) is 2.09. The summed E-state index contributed by atoms with van der Waals surface area (Å²) in [5, 5.41) is 0. The monoisotopic (exact) mass is 211 g/mol. The van der Waals surface area contributed by atoms with Gasteiger partial charge in [-0.3, -0.25) is 0 Å². The van der Waals surface area contributed by atoms with Gasteiger partial charge in [0, 0.05) is 6.26 Å². The summed E-state index contributed by atoms with van der Waals surface area (Å²) in [6, 6.07) is 5.88. The first-order valence-electron chi connectivity index (χ1n) is 4.66. The second-order valence-corrected chi connectivity index (χ2v) is 6.15. The second kappa shape index (κ2) is 3.73. The lowest BCUT2D eigenvalue weighted by Crippen LogP contribution is -2.00. The summed E-state index contributed by atoms with van der Waals surface area (Å²) in [6.45, 7) is 6.09. The van der Waals surface area contributed by atoms with Gasteiger partial charge < -0.3 is 0 Å². The van der Waals surface area contributed by atoms with Crippen LogP contribution in [-0.2, 0) is 9.73 Å². The van der Waals surface area contributed by atoms with E-state index in [1.807, 2.05) is 25.1 Å². The third kappa shape index (κ3) is 2.35. The average Bonchev–Trinajstić information content (AvgIpc) is 2.02. The van der Waals surface area contributed by atoms with E-state index in [9.17, 15) is 4.21 Å². The van der Waals surface area contributed by atoms with Crippen molar-refractivity contribution >= 4 is 9.73 Å². The molecule has 1 aromatic carbocycles. The van der Waals surface area contributed by atoms with E-state index in [1.54, 1.807) is 0 Å². The van der Waals surface area contributed by atoms with Crippen molar-refractivity contribution in [2.24, 2.45) is 0 Å². The molecule has 2 nitrogen and oxygen atoms in total. The van der Waals surface area contributed by atoms with Crippen LogP contribution in [-0.4, -0.2) is 10.5 Å². The van der Waals surface area contributed by atoms with Gasteiger partial charge in [0.2, 0.25) is 0 Å². The molecule has 0 fully saturated rings. The molecule has 14 heavy (non-hydrogen) atoms. The summed E-state index contributed by atoms with van der Waals surface area (Å²) in [7, 11) is -2.59. The zero-order valence-electron chi connectivity index (χ0n) is 9.13. The Morgan fingerprint density at radius 2 is 1.93 bits per heavy atom. The lowest BCUT2D eigenvalue weighted by molar-refractivity contribution is 0.678. The lowest BCUT2D eigenvalue weighted by atomic mass is 10.0. The van der Waals surface area contributed by atoms with Crippen molar-refractivity contribution in [2.75, 3.05) is 6.26 Å². The predicted molar refractivity (Wildman–Crippen MR) is 60.3 cm³/mol. The molecule has 1 N–H and O–H groups in total. The van der Waals surface area contributed by atoms with Gasteiger partial charge in [0.25, 0.3) is 0 Å². The molecule has 1 atom stereocenters. The number of nitrogens with one attached hydrogen (secondary N) is 1. The molecule has 1 unspecified atom stereocenters. The molecule has 0 aliphatic rings. The van der Waals surface area contributed by atoms with Crippen LogP contribution in [0.15, 0.2) is 23.1 Å². The Bertz CT molecular complexity index is 433. The minimum Gasteiger partial charge on any atom is -0.249 e. The number of hydrogen-bond donors (Lipinski definition) is 1. The molecule has 0 saturated carbocycles. The fourth-order valence-corrected chi connectivity index (χ4v) is 2.44. The fourth-order valence-electron chi connectivity index (χ4n) is 1.40. The highest BCUT2D eigenvalue weighted by molar-refractivity contribution is 7.91. The molecule has 0 heterocycles. The van der Waals surface area contributed by atoms with Crippen LogP contribution in [0.1, 0.15) is 30.9 Å². The summed E-state index contributed by atoms with van der Waals surface area (Å²) >= 11 is 0. The topological polar surface area (TPSA) is 40.9 Å². The van der Waals surface area contributed by atoms with Crippen LogP contribution in [0.5, 0.6) is 0 Å². The van der Waals surface area contributed by atoms with Crippen molar-refractivity contribution in [3.63, 3.8) is 0 Å². The number of rotatable bonds is 2. The smallest absolute Gasteiger partial charge is 0.0699 e. The third-order valence-corrected chi connectivity index (χ3v) is 3.58. The lowest BCUT2D eigenvalue weighted by Gasteiger charge is -2.11. The molecule has 0 aliphatic carbocycles. The van der Waals surface area contributed by atoms with Crippen LogP contribution in [0.2, 0.25) is 0 Å². The van der Waals surface area contributed by atoms with E-state index >= 15 is 0 Å². The summed E-state index contributed by atoms with van der Waals surface area (Å²) < 4.78 is 19.2. The van der Waals surface area contributed by atoms with Crippen molar-refractivity contribution in [3.05, 3.63) is 29.3 Å². The second-order valence-electron chi connectivity index (χ2n) is 4.02. The van der Waals surface area contributed by atoms with Crippen LogP contribution in [0.25, 0.3) is 0 Å². The first-order valence-corrected chi connectivity index (χ1v) is 6.63. The number of benzene rings is 1. The van der Waals surface area contributed by atoms with E-state index in [0.29, 0.717) is 10.8 Å². The summed E-state index contributed by atoms with van der Waals surface area (Å²) in [4.78, 5) is 0.670. The molecule has 1 rings (SSSR count). The Hall–Kier alpha value is -0.830. The van der Waals surface area contributed by atoms with E-state index in [2.05, 4.69) is 13.8 Å². The van der Waals surface area contributed by atoms with Gasteiger partial charge >= 0.3 is 0 Å². The number of hydrogen-bond acceptors (Lipinski definition) is 2. The Kier molecular flexibility index (Phi) is 3.00. The Morgan fingerprint density at radius 3 is 2.36 bits per heavy atom. The maximum Gasteiger partial charge on any atom is 0.0699 e. The van der Waals surface area contributed by atoms with E-state index in [1.165, 1.54) is 6.26 Å². The van der Waals surface area contributed by atoms with Crippen molar-refractivity contribution in [1.82, 2.24) is 0 Å². The van der Waals surface area contributed by atoms with E-state index in [0.717, 1.165) is 11.1 Å². The molecule has 0 spiro atoms. The SMILES string of the molecule is Cc1ccc(C(C)C)cc1S(C)(=N)=O. The van der Waals surface area contributed by atoms with Gasteiger partial charge in [-0.2, -0.15) is 0 Å². The van der Waals surface area contributed by atoms with Crippen LogP contribution < -0.4 is 0 Å². The van der Waals surface area contributed by atoms with Gasteiger partial charge in [0.15, 0.2) is 0 Å². The molecule has 0 amide bonds. The van der Waals surface area contributed by atoms with Crippen molar-refractivity contribution in [2.45, 2.75) is 31.6 Å². The molecule has 78 valence electrons. The normalized spacial score (nSPS) is 15.5. The van der Waals surface area contributed by atoms with Gasteiger partial charge in [0.1, 0.15) is 0 Å². The molecule has 0 radical (unpaired) electrons. The highest BCUT2D eigenvalue weighted by atomic mass is 32.2. The highest BCUT2D eigenvalue weighted by Crippen LogP contribution is 2.22. The minimum atomic E-state index is -2.59. The van der Waals surface area contributed by atoms with Gasteiger partial charge in [-0.1, -0.05) is 26.0 Å². The van der Waals surface area contributed by atoms with Crippen LogP contribution >= 0.6 is 0 Å². The third-order valence-electron chi connectivity index (χ3n) is 2.30. The van der Waals surface area contributed by atoms with Crippen LogP contribution in [0.4, 0.5) is 0 Å². The first kappa shape index (κ1) is 11.2. The van der Waals surface area contributed by atoms with Crippen LogP contribution in [0, 0.1) is 11.7 Å². The maximum atomic E-state index is 11.7. The average molecular weight is 211 g/mol. The molecule has 0 aromatic heterocycles. The largest absolute Gasteiger partial charge is 0.249 e. The molecule has 0 saturated heterocycles. The summed E-state index contributed by atoms with van der Waals surface area (Å²) in [6.07, 6.45) is 1.47. The fraction of sp³-hybridized carbons (Fsp3) is 0.455. The Morgan fingerprint density at radius 1 is 1.36 bits per heavy atom. The maximum absolute atomic E-state index is 11.7.